The summed E-state index contributed by atoms with van der Waals surface area (Å²) < 4.78 is 4.92. The number of hydrogen-bond acceptors (Lipinski definition) is 4. The molecule has 2 N–H and O–H groups in total. The first-order valence-electron chi connectivity index (χ1n) is 4.42. The second-order valence-corrected chi connectivity index (χ2v) is 2.86. The smallest absolute Gasteiger partial charge is 0.311 e. The minimum atomic E-state index is -0.0978. The number of nitrogens with one attached hydrogen (secondary N) is 2. The molecule has 1 aliphatic rings. The third-order valence-electron chi connectivity index (χ3n) is 1.88. The van der Waals surface area contributed by atoms with Crippen molar-refractivity contribution in [1.29, 1.82) is 0 Å². The van der Waals surface area contributed by atoms with Crippen LogP contribution in [0.5, 0.6) is 0 Å². The molecule has 1 heterocycles. The molecule has 0 atom stereocenters. The highest BCUT2D eigenvalue weighted by Gasteiger charge is 2.20. The van der Waals surface area contributed by atoms with Crippen molar-refractivity contribution in [3.8, 4) is 0 Å². The molecule has 4 nitrogen and oxygen atoms in total. The Balaban J connectivity index is 0. The summed E-state index contributed by atoms with van der Waals surface area (Å²) >= 11 is 0. The molecule has 6 heteroatoms. The van der Waals surface area contributed by atoms with Crippen molar-refractivity contribution in [2.45, 2.75) is 6.92 Å². The maximum Gasteiger partial charge on any atom is 0.311 e. The van der Waals surface area contributed by atoms with E-state index in [1.807, 2.05) is 6.92 Å². The Hall–Kier alpha value is -0.0300. The molecule has 1 fully saturated rings. The van der Waals surface area contributed by atoms with E-state index in [0.717, 1.165) is 26.2 Å². The van der Waals surface area contributed by atoms with Gasteiger partial charge in [-0.3, -0.25) is 4.79 Å². The first-order chi connectivity index (χ1) is 5.84. The number of ether oxygens (including phenoxy) is 1. The lowest BCUT2D eigenvalue weighted by molar-refractivity contribution is -0.147. The molecule has 1 aliphatic heterocycles. The van der Waals surface area contributed by atoms with E-state index < -0.39 is 0 Å². The average molecular weight is 245 g/mol. The molecule has 0 aromatic heterocycles. The molecule has 0 unspecified atom stereocenters. The topological polar surface area (TPSA) is 50.4 Å². The molecule has 0 saturated carbocycles. The standard InChI is InChI=1S/C8H16N2O2.2ClH/c1-2-12-8(11)7-5-9-3-4-10-6-7;;/h7,9-10H,2-6H2,1H3;2*1H. The van der Waals surface area contributed by atoms with Gasteiger partial charge in [0.15, 0.2) is 0 Å². The molecule has 0 aliphatic carbocycles. The summed E-state index contributed by atoms with van der Waals surface area (Å²) in [5.74, 6) is -0.119. The summed E-state index contributed by atoms with van der Waals surface area (Å²) in [6, 6.07) is 0. The minimum absolute atomic E-state index is 0. The Kier molecular flexibility index (Phi) is 11.2. The van der Waals surface area contributed by atoms with Crippen molar-refractivity contribution in [2.75, 3.05) is 32.8 Å². The second-order valence-electron chi connectivity index (χ2n) is 2.86. The van der Waals surface area contributed by atoms with E-state index in [4.69, 9.17) is 4.74 Å². The fraction of sp³-hybridized carbons (Fsp3) is 0.875. The van der Waals surface area contributed by atoms with Gasteiger partial charge in [0.1, 0.15) is 0 Å². The van der Waals surface area contributed by atoms with Gasteiger partial charge in [0.25, 0.3) is 0 Å². The number of esters is 1. The van der Waals surface area contributed by atoms with E-state index in [0.29, 0.717) is 6.61 Å². The van der Waals surface area contributed by atoms with Crippen molar-refractivity contribution >= 4 is 30.8 Å². The van der Waals surface area contributed by atoms with Gasteiger partial charge in [0.05, 0.1) is 12.5 Å². The van der Waals surface area contributed by atoms with Crippen LogP contribution >= 0.6 is 24.8 Å². The first-order valence-corrected chi connectivity index (χ1v) is 4.42. The Morgan fingerprint density at radius 1 is 1.29 bits per heavy atom. The van der Waals surface area contributed by atoms with E-state index in [1.54, 1.807) is 0 Å². The van der Waals surface area contributed by atoms with E-state index >= 15 is 0 Å². The quantitative estimate of drug-likeness (QED) is 0.682. The number of hydrogen-bond donors (Lipinski definition) is 2. The predicted octanol–water partition coefficient (Wildman–Crippen LogP) is 0.202. The van der Waals surface area contributed by atoms with Crippen LogP contribution in [-0.2, 0) is 9.53 Å². The Morgan fingerprint density at radius 3 is 2.21 bits per heavy atom. The van der Waals surface area contributed by atoms with Gasteiger partial charge in [-0.15, -0.1) is 24.8 Å². The predicted molar refractivity (Wildman–Crippen MR) is 60.4 cm³/mol. The van der Waals surface area contributed by atoms with Crippen molar-refractivity contribution in [1.82, 2.24) is 10.6 Å². The zero-order valence-corrected chi connectivity index (χ0v) is 9.88. The summed E-state index contributed by atoms with van der Waals surface area (Å²) in [7, 11) is 0. The van der Waals surface area contributed by atoms with E-state index in [-0.39, 0.29) is 36.7 Å². The normalized spacial score (nSPS) is 17.2. The molecule has 0 aromatic rings. The Labute approximate surface area is 97.0 Å². The van der Waals surface area contributed by atoms with Crippen LogP contribution in [0.25, 0.3) is 0 Å². The maximum absolute atomic E-state index is 11.2. The van der Waals surface area contributed by atoms with E-state index in [9.17, 15) is 4.79 Å². The van der Waals surface area contributed by atoms with Gasteiger partial charge < -0.3 is 15.4 Å². The summed E-state index contributed by atoms with van der Waals surface area (Å²) in [4.78, 5) is 11.2. The van der Waals surface area contributed by atoms with Crippen molar-refractivity contribution in [2.24, 2.45) is 5.92 Å². The van der Waals surface area contributed by atoms with Gasteiger partial charge in [-0.1, -0.05) is 0 Å². The fourth-order valence-electron chi connectivity index (χ4n) is 1.23. The molecule has 0 bridgehead atoms. The number of carbonyl (C=O) groups excluding carboxylic acids is 1. The molecule has 1 saturated heterocycles. The fourth-order valence-corrected chi connectivity index (χ4v) is 1.23. The van der Waals surface area contributed by atoms with Gasteiger partial charge in [-0.25, -0.2) is 0 Å². The number of halogens is 2. The maximum atomic E-state index is 11.2. The highest BCUT2D eigenvalue weighted by Crippen LogP contribution is 1.98. The third kappa shape index (κ3) is 5.65. The number of rotatable bonds is 2. The molecule has 86 valence electrons. The van der Waals surface area contributed by atoms with Gasteiger partial charge >= 0.3 is 5.97 Å². The van der Waals surface area contributed by atoms with Crippen LogP contribution in [0.4, 0.5) is 0 Å². The van der Waals surface area contributed by atoms with Crippen molar-refractivity contribution in [3.63, 3.8) is 0 Å². The van der Waals surface area contributed by atoms with Crippen molar-refractivity contribution in [3.05, 3.63) is 0 Å². The highest BCUT2D eigenvalue weighted by atomic mass is 35.5. The van der Waals surface area contributed by atoms with Crippen LogP contribution in [-0.4, -0.2) is 38.8 Å². The molecule has 0 aromatic carbocycles. The van der Waals surface area contributed by atoms with E-state index in [2.05, 4.69) is 10.6 Å². The van der Waals surface area contributed by atoms with Gasteiger partial charge in [0.2, 0.25) is 0 Å². The van der Waals surface area contributed by atoms with Crippen LogP contribution in [0.3, 0.4) is 0 Å². The molecule has 0 radical (unpaired) electrons. The lowest BCUT2D eigenvalue weighted by Crippen LogP contribution is -2.32. The van der Waals surface area contributed by atoms with Crippen LogP contribution in [0.15, 0.2) is 0 Å². The number of carbonyl (C=O) groups is 1. The summed E-state index contributed by atoms with van der Waals surface area (Å²) in [5.41, 5.74) is 0. The first kappa shape index (κ1) is 16.4. The van der Waals surface area contributed by atoms with Gasteiger partial charge in [-0.2, -0.15) is 0 Å². The molecular weight excluding hydrogens is 227 g/mol. The van der Waals surface area contributed by atoms with Crippen LogP contribution in [0.2, 0.25) is 0 Å². The molecular formula is C8H18Cl2N2O2. The SMILES string of the molecule is CCOC(=O)C1CNCCNC1.Cl.Cl. The van der Waals surface area contributed by atoms with Gasteiger partial charge in [-0.05, 0) is 6.92 Å². The van der Waals surface area contributed by atoms with Crippen LogP contribution in [0, 0.1) is 5.92 Å². The average Bonchev–Trinajstić information content (AvgIpc) is 2.32. The molecule has 1 rings (SSSR count). The monoisotopic (exact) mass is 244 g/mol. The molecule has 0 spiro atoms. The Bertz CT molecular complexity index is 150. The minimum Gasteiger partial charge on any atom is -0.466 e. The zero-order valence-electron chi connectivity index (χ0n) is 8.25. The second kappa shape index (κ2) is 9.52. The summed E-state index contributed by atoms with van der Waals surface area (Å²) in [6.45, 7) is 5.61. The summed E-state index contributed by atoms with van der Waals surface area (Å²) in [5, 5.41) is 6.35. The largest absolute Gasteiger partial charge is 0.466 e. The van der Waals surface area contributed by atoms with Crippen LogP contribution < -0.4 is 10.6 Å². The lowest BCUT2D eigenvalue weighted by atomic mass is 10.1. The third-order valence-corrected chi connectivity index (χ3v) is 1.88. The van der Waals surface area contributed by atoms with Gasteiger partial charge in [0, 0.05) is 26.2 Å². The Morgan fingerprint density at radius 2 is 1.79 bits per heavy atom. The van der Waals surface area contributed by atoms with Crippen LogP contribution in [0.1, 0.15) is 6.92 Å². The molecule has 14 heavy (non-hydrogen) atoms. The zero-order chi connectivity index (χ0) is 8.81. The highest BCUT2D eigenvalue weighted by molar-refractivity contribution is 5.85. The van der Waals surface area contributed by atoms with E-state index in [1.165, 1.54) is 0 Å². The van der Waals surface area contributed by atoms with Crippen molar-refractivity contribution < 1.29 is 9.53 Å². The lowest BCUT2D eigenvalue weighted by Gasteiger charge is -2.11. The summed E-state index contributed by atoms with van der Waals surface area (Å²) in [6.07, 6.45) is 0. The molecule has 0 amide bonds.